The number of hydrogen-bond acceptors (Lipinski definition) is 2. The van der Waals surface area contributed by atoms with E-state index in [1.54, 1.807) is 0 Å². The molecular formula is C70H48N2. The Hall–Kier alpha value is -8.98. The minimum atomic E-state index is -0.511. The van der Waals surface area contributed by atoms with E-state index in [-0.39, 0.29) is 5.41 Å². The summed E-state index contributed by atoms with van der Waals surface area (Å²) in [6.45, 7) is 4.75. The molecule has 2 aliphatic carbocycles. The fraction of sp³-hybridized carbons (Fsp3) is 0.0571. The van der Waals surface area contributed by atoms with Gasteiger partial charge in [-0.15, -0.1) is 0 Å². The molecule has 0 saturated heterocycles. The Morgan fingerprint density at radius 3 is 1.53 bits per heavy atom. The molecule has 0 saturated carbocycles. The van der Waals surface area contributed by atoms with Gasteiger partial charge in [0.25, 0.3) is 0 Å². The highest BCUT2D eigenvalue weighted by Gasteiger charge is 2.46. The van der Waals surface area contributed by atoms with E-state index in [1.165, 1.54) is 82.9 Å². The van der Waals surface area contributed by atoms with E-state index in [1.807, 2.05) is 0 Å². The van der Waals surface area contributed by atoms with Crippen LogP contribution in [0.2, 0.25) is 0 Å². The van der Waals surface area contributed by atoms with Crippen molar-refractivity contribution >= 4 is 21.5 Å². The number of aromatic nitrogens is 2. The van der Waals surface area contributed by atoms with Crippen molar-refractivity contribution < 1.29 is 0 Å². The third-order valence-electron chi connectivity index (χ3n) is 15.8. The number of nitrogens with zero attached hydrogens (tertiary/aromatic N) is 2. The lowest BCUT2D eigenvalue weighted by molar-refractivity contribution is 0.661. The minimum Gasteiger partial charge on any atom is -0.228 e. The van der Waals surface area contributed by atoms with Crippen LogP contribution < -0.4 is 0 Å². The zero-order chi connectivity index (χ0) is 48.0. The van der Waals surface area contributed by atoms with Gasteiger partial charge in [-0.05, 0) is 124 Å². The first-order valence-electron chi connectivity index (χ1n) is 25.1. The highest BCUT2D eigenvalue weighted by Crippen LogP contribution is 2.58. The lowest BCUT2D eigenvalue weighted by Crippen LogP contribution is -2.28. The number of fused-ring (bicyclic) bond motifs is 8. The molecule has 0 atom stereocenters. The second-order valence-corrected chi connectivity index (χ2v) is 20.0. The van der Waals surface area contributed by atoms with Crippen LogP contribution in [0.1, 0.15) is 47.2 Å². The van der Waals surface area contributed by atoms with Crippen LogP contribution in [0.15, 0.2) is 255 Å². The highest BCUT2D eigenvalue weighted by atomic mass is 14.9. The standard InChI is InChI=1S/C70H48N2/c1-69(2)62-36-20-34-59(67(62)60-41-46-23-12-13-24-47(46)42-63(60)69)54-39-40-58(53-31-16-15-30-52(53)54)66-44-65(71-68(72-66)45-21-6-3-7-22-45)57-33-17-14-29-51(57)48-37-38-56-55-32-18-19-35-61(55)70(64(56)43-48,49-25-8-4-9-26-49)50-27-10-5-11-28-50/h3-44H,1-2H3. The molecule has 1 aromatic heterocycles. The first kappa shape index (κ1) is 41.9. The average Bonchev–Trinajstić information content (AvgIpc) is 3.87. The summed E-state index contributed by atoms with van der Waals surface area (Å²) in [6.07, 6.45) is 0. The Morgan fingerprint density at radius 1 is 0.292 bits per heavy atom. The Kier molecular flexibility index (Phi) is 9.50. The molecule has 0 spiro atoms. The van der Waals surface area contributed by atoms with Crippen molar-refractivity contribution in [3.8, 4) is 78.4 Å². The first-order chi connectivity index (χ1) is 35.5. The second kappa shape index (κ2) is 16.3. The van der Waals surface area contributed by atoms with E-state index in [9.17, 15) is 0 Å². The smallest absolute Gasteiger partial charge is 0.160 e. The Morgan fingerprint density at radius 2 is 0.806 bits per heavy atom. The van der Waals surface area contributed by atoms with Gasteiger partial charge in [-0.3, -0.25) is 0 Å². The summed E-state index contributed by atoms with van der Waals surface area (Å²) in [5, 5.41) is 4.88. The Balaban J connectivity index is 0.950. The third-order valence-corrected chi connectivity index (χ3v) is 15.8. The SMILES string of the molecule is CC1(C)c2cc3ccccc3cc2-c2c(-c3ccc(-c4cc(-c5ccccc5-c5ccc6c(c5)C(c5ccccc5)(c5ccccc5)c5ccccc5-6)nc(-c5ccccc5)n4)c4ccccc34)cccc21. The predicted molar refractivity (Wildman–Crippen MR) is 299 cm³/mol. The summed E-state index contributed by atoms with van der Waals surface area (Å²) in [4.78, 5) is 10.9. The van der Waals surface area contributed by atoms with Crippen LogP contribution in [0.25, 0.3) is 100.0 Å². The van der Waals surface area contributed by atoms with Crippen molar-refractivity contribution in [1.82, 2.24) is 9.97 Å². The summed E-state index contributed by atoms with van der Waals surface area (Å²) >= 11 is 0. The van der Waals surface area contributed by atoms with E-state index in [0.29, 0.717) is 5.82 Å². The quantitative estimate of drug-likeness (QED) is 0.159. The number of rotatable bonds is 7. The monoisotopic (exact) mass is 916 g/mol. The zero-order valence-corrected chi connectivity index (χ0v) is 40.1. The molecule has 72 heavy (non-hydrogen) atoms. The molecule has 2 heteroatoms. The zero-order valence-electron chi connectivity index (χ0n) is 40.1. The van der Waals surface area contributed by atoms with Gasteiger partial charge < -0.3 is 0 Å². The topological polar surface area (TPSA) is 25.8 Å². The highest BCUT2D eigenvalue weighted by molar-refractivity contribution is 6.09. The molecule has 1 heterocycles. The molecule has 0 radical (unpaired) electrons. The second-order valence-electron chi connectivity index (χ2n) is 20.0. The van der Waals surface area contributed by atoms with Crippen LogP contribution in [0, 0.1) is 0 Å². The van der Waals surface area contributed by atoms with Crippen molar-refractivity contribution in [3.63, 3.8) is 0 Å². The maximum atomic E-state index is 5.44. The molecule has 0 bridgehead atoms. The Labute approximate surface area is 420 Å². The van der Waals surface area contributed by atoms with Crippen molar-refractivity contribution in [2.24, 2.45) is 0 Å². The molecule has 14 rings (SSSR count). The molecule has 0 fully saturated rings. The summed E-state index contributed by atoms with van der Waals surface area (Å²) in [7, 11) is 0. The molecule has 2 aliphatic rings. The van der Waals surface area contributed by atoms with Crippen LogP contribution in [-0.4, -0.2) is 9.97 Å². The molecule has 338 valence electrons. The predicted octanol–water partition coefficient (Wildman–Crippen LogP) is 17.8. The van der Waals surface area contributed by atoms with Gasteiger partial charge in [0.1, 0.15) is 0 Å². The van der Waals surface area contributed by atoms with Crippen LogP contribution in [0.3, 0.4) is 0 Å². The largest absolute Gasteiger partial charge is 0.228 e. The van der Waals surface area contributed by atoms with Crippen LogP contribution in [0.5, 0.6) is 0 Å². The fourth-order valence-electron chi connectivity index (χ4n) is 12.5. The summed E-state index contributed by atoms with van der Waals surface area (Å²) in [5.41, 5.74) is 21.9. The van der Waals surface area contributed by atoms with Gasteiger partial charge in [-0.1, -0.05) is 244 Å². The van der Waals surface area contributed by atoms with Gasteiger partial charge in [-0.25, -0.2) is 9.97 Å². The maximum Gasteiger partial charge on any atom is 0.160 e. The third kappa shape index (κ3) is 6.28. The van der Waals surface area contributed by atoms with Crippen LogP contribution in [-0.2, 0) is 10.8 Å². The van der Waals surface area contributed by atoms with Gasteiger partial charge in [0, 0.05) is 22.1 Å². The van der Waals surface area contributed by atoms with E-state index < -0.39 is 5.41 Å². The van der Waals surface area contributed by atoms with Crippen molar-refractivity contribution in [3.05, 3.63) is 288 Å². The van der Waals surface area contributed by atoms with Gasteiger partial charge in [0.05, 0.1) is 16.8 Å². The van der Waals surface area contributed by atoms with Crippen LogP contribution in [0.4, 0.5) is 0 Å². The lowest BCUT2D eigenvalue weighted by atomic mass is 9.67. The molecule has 0 amide bonds. The maximum absolute atomic E-state index is 5.44. The molecule has 12 aromatic rings. The van der Waals surface area contributed by atoms with E-state index in [0.717, 1.165) is 44.6 Å². The molecule has 2 nitrogen and oxygen atoms in total. The van der Waals surface area contributed by atoms with E-state index >= 15 is 0 Å². The van der Waals surface area contributed by atoms with Gasteiger partial charge in [0.2, 0.25) is 0 Å². The van der Waals surface area contributed by atoms with Crippen LogP contribution >= 0.6 is 0 Å². The van der Waals surface area contributed by atoms with Crippen molar-refractivity contribution in [1.29, 1.82) is 0 Å². The number of benzene rings is 11. The van der Waals surface area contributed by atoms with E-state index in [4.69, 9.17) is 9.97 Å². The summed E-state index contributed by atoms with van der Waals surface area (Å²) < 4.78 is 0. The summed E-state index contributed by atoms with van der Waals surface area (Å²) in [6, 6.07) is 93.4. The van der Waals surface area contributed by atoms with Gasteiger partial charge in [-0.2, -0.15) is 0 Å². The first-order valence-corrected chi connectivity index (χ1v) is 25.1. The fourth-order valence-corrected chi connectivity index (χ4v) is 12.5. The summed E-state index contributed by atoms with van der Waals surface area (Å²) in [5.74, 6) is 0.689. The van der Waals surface area contributed by atoms with Gasteiger partial charge >= 0.3 is 0 Å². The molecule has 0 N–H and O–H groups in total. The van der Waals surface area contributed by atoms with Crippen molar-refractivity contribution in [2.75, 3.05) is 0 Å². The molecule has 11 aromatic carbocycles. The van der Waals surface area contributed by atoms with Gasteiger partial charge in [0.15, 0.2) is 5.82 Å². The minimum absolute atomic E-state index is 0.139. The lowest BCUT2D eigenvalue weighted by Gasteiger charge is -2.34. The average molecular weight is 917 g/mol. The molecule has 0 aliphatic heterocycles. The number of hydrogen-bond donors (Lipinski definition) is 0. The Bertz CT molecular complexity index is 4070. The van der Waals surface area contributed by atoms with Crippen molar-refractivity contribution in [2.45, 2.75) is 24.7 Å². The van der Waals surface area contributed by atoms with E-state index in [2.05, 4.69) is 269 Å². The molecular weight excluding hydrogens is 869 g/mol. The molecule has 0 unspecified atom stereocenters. The normalized spacial score (nSPS) is 13.6.